The molecule has 1 aliphatic rings. The van der Waals surface area contributed by atoms with Crippen molar-refractivity contribution in [2.24, 2.45) is 10.9 Å². The number of rotatable bonds is 6. The lowest BCUT2D eigenvalue weighted by Crippen LogP contribution is -2.46. The summed E-state index contributed by atoms with van der Waals surface area (Å²) in [5, 5.41) is 12.8. The van der Waals surface area contributed by atoms with Crippen LogP contribution in [0, 0.1) is 11.3 Å². The second-order valence-electron chi connectivity index (χ2n) is 6.26. The molecular weight excluding hydrogens is 318 g/mol. The van der Waals surface area contributed by atoms with Crippen LogP contribution in [0.2, 0.25) is 0 Å². The molecule has 7 heteroatoms. The van der Waals surface area contributed by atoms with Crippen LogP contribution in [-0.2, 0) is 4.79 Å². The topological polar surface area (TPSA) is 97.7 Å². The summed E-state index contributed by atoms with van der Waals surface area (Å²) in [5.74, 6) is 0.198. The first-order chi connectivity index (χ1) is 11.7. The molecule has 0 aromatic carbocycles. The van der Waals surface area contributed by atoms with Crippen molar-refractivity contribution in [1.29, 1.82) is 5.41 Å². The van der Waals surface area contributed by atoms with E-state index in [9.17, 15) is 9.59 Å². The van der Waals surface area contributed by atoms with Crippen LogP contribution in [0.15, 0.2) is 40.6 Å². The largest absolute Gasteiger partial charge is 0.328 e. The van der Waals surface area contributed by atoms with Crippen molar-refractivity contribution in [2.75, 3.05) is 7.05 Å². The molecule has 0 spiro atoms. The molecule has 0 aliphatic heterocycles. The van der Waals surface area contributed by atoms with Gasteiger partial charge in [0.15, 0.2) is 0 Å². The Kier molecular flexibility index (Phi) is 7.78. The number of guanidine groups is 1. The van der Waals surface area contributed by atoms with Crippen LogP contribution in [0.5, 0.6) is 0 Å². The van der Waals surface area contributed by atoms with Gasteiger partial charge in [0.25, 0.3) is 0 Å². The normalized spacial score (nSPS) is 15.7. The minimum Gasteiger partial charge on any atom is -0.305 e. The number of hydrogen-bond acceptors (Lipinski definition) is 4. The zero-order chi connectivity index (χ0) is 19.0. The number of nitrogens with one attached hydrogen (secondary N) is 3. The first-order valence-corrected chi connectivity index (χ1v) is 8.21. The molecule has 1 aliphatic carbocycles. The lowest BCUT2D eigenvalue weighted by Gasteiger charge is -2.19. The number of nitrogens with zero attached hydrogens (tertiary/aromatic N) is 2. The highest BCUT2D eigenvalue weighted by molar-refractivity contribution is 6.00. The molecule has 0 aromatic rings. The number of allylic oxidation sites excluding steroid dienone is 4. The van der Waals surface area contributed by atoms with Crippen LogP contribution in [0.25, 0.3) is 0 Å². The van der Waals surface area contributed by atoms with Gasteiger partial charge in [-0.1, -0.05) is 31.6 Å². The summed E-state index contributed by atoms with van der Waals surface area (Å²) in [6.45, 7) is 7.67. The summed E-state index contributed by atoms with van der Waals surface area (Å²) in [6, 6.07) is -0.698. The fourth-order valence-electron chi connectivity index (χ4n) is 2.02. The third-order valence-corrected chi connectivity index (χ3v) is 3.65. The molecule has 0 saturated carbocycles. The van der Waals surface area contributed by atoms with E-state index < -0.39 is 6.03 Å². The summed E-state index contributed by atoms with van der Waals surface area (Å²) in [6.07, 6.45) is 8.61. The zero-order valence-electron chi connectivity index (χ0n) is 15.5. The Morgan fingerprint density at radius 3 is 2.60 bits per heavy atom. The molecule has 1 rings (SSSR count). The van der Waals surface area contributed by atoms with Crippen molar-refractivity contribution < 1.29 is 9.59 Å². The molecular formula is C18H27N5O2. The number of amides is 3. The van der Waals surface area contributed by atoms with Gasteiger partial charge in [0, 0.05) is 18.5 Å². The third kappa shape index (κ3) is 6.74. The van der Waals surface area contributed by atoms with E-state index in [0.717, 1.165) is 12.1 Å². The number of aliphatic imine (C=N–C) groups is 1. The zero-order valence-corrected chi connectivity index (χ0v) is 15.5. The molecule has 0 fully saturated rings. The van der Waals surface area contributed by atoms with Crippen LogP contribution in [0.1, 0.15) is 34.1 Å². The van der Waals surface area contributed by atoms with Crippen molar-refractivity contribution in [3.05, 3.63) is 35.6 Å². The predicted octanol–water partition coefficient (Wildman–Crippen LogP) is 2.58. The molecule has 0 aromatic heterocycles. The van der Waals surface area contributed by atoms with E-state index in [0.29, 0.717) is 12.1 Å². The fourth-order valence-corrected chi connectivity index (χ4v) is 2.02. The van der Waals surface area contributed by atoms with E-state index in [1.165, 1.54) is 10.5 Å². The van der Waals surface area contributed by atoms with E-state index in [4.69, 9.17) is 5.41 Å². The van der Waals surface area contributed by atoms with Crippen molar-refractivity contribution in [3.63, 3.8) is 0 Å². The Bertz CT molecular complexity index is 644. The van der Waals surface area contributed by atoms with Crippen molar-refractivity contribution >= 4 is 24.1 Å². The molecule has 0 radical (unpaired) electrons. The van der Waals surface area contributed by atoms with Gasteiger partial charge >= 0.3 is 6.03 Å². The minimum atomic E-state index is -0.392. The molecule has 1 unspecified atom stereocenters. The Hall–Kier alpha value is -2.70. The van der Waals surface area contributed by atoms with Crippen LogP contribution in [-0.4, -0.2) is 42.1 Å². The van der Waals surface area contributed by atoms with Gasteiger partial charge in [0.1, 0.15) is 0 Å². The fraction of sp³-hybridized carbons (Fsp3) is 0.444. The molecule has 0 heterocycles. The van der Waals surface area contributed by atoms with Crippen molar-refractivity contribution in [2.45, 2.75) is 40.2 Å². The van der Waals surface area contributed by atoms with Gasteiger partial charge in [-0.15, -0.1) is 0 Å². The number of carbonyl (C=O) groups is 2. The number of urea groups is 1. The monoisotopic (exact) mass is 345 g/mol. The van der Waals surface area contributed by atoms with Crippen LogP contribution >= 0.6 is 0 Å². The first-order valence-electron chi connectivity index (χ1n) is 8.21. The molecule has 0 bridgehead atoms. The maximum absolute atomic E-state index is 12.3. The van der Waals surface area contributed by atoms with E-state index in [1.54, 1.807) is 26.1 Å². The Morgan fingerprint density at radius 1 is 1.40 bits per heavy atom. The van der Waals surface area contributed by atoms with E-state index in [-0.39, 0.29) is 17.9 Å². The molecule has 3 N–H and O–H groups in total. The Balaban J connectivity index is 2.76. The van der Waals surface area contributed by atoms with E-state index in [2.05, 4.69) is 15.6 Å². The maximum atomic E-state index is 12.3. The lowest BCUT2D eigenvalue weighted by molar-refractivity contribution is -0.108. The molecule has 1 atom stereocenters. The lowest BCUT2D eigenvalue weighted by atomic mass is 10.1. The third-order valence-electron chi connectivity index (χ3n) is 3.65. The summed E-state index contributed by atoms with van der Waals surface area (Å²) in [7, 11) is 1.65. The number of hydrogen-bond donors (Lipinski definition) is 3. The summed E-state index contributed by atoms with van der Waals surface area (Å²) >= 11 is 0. The van der Waals surface area contributed by atoms with E-state index >= 15 is 0 Å². The maximum Gasteiger partial charge on any atom is 0.328 e. The highest BCUT2D eigenvalue weighted by Gasteiger charge is 2.16. The average molecular weight is 345 g/mol. The standard InChI is InChI=1S/C18H27N5O2/c1-12(2)16(19)9-7-14(4)21-17(20-11-24)22-18(25)23(5)15-8-6-13(3)10-15/h7-12,14,19H,6H2,1-5H3,(H2,20,21,22,24,25)/b9-7-,19-16?. The van der Waals surface area contributed by atoms with Gasteiger partial charge in [-0.3, -0.25) is 20.3 Å². The van der Waals surface area contributed by atoms with Crippen LogP contribution in [0.4, 0.5) is 4.79 Å². The Labute approximate surface area is 149 Å². The molecule has 0 saturated heterocycles. The smallest absolute Gasteiger partial charge is 0.305 e. The van der Waals surface area contributed by atoms with Gasteiger partial charge in [-0.05, 0) is 38.3 Å². The van der Waals surface area contributed by atoms with Gasteiger partial charge < -0.3 is 5.41 Å². The average Bonchev–Trinajstić information content (AvgIpc) is 2.98. The second-order valence-corrected chi connectivity index (χ2v) is 6.26. The quantitative estimate of drug-likeness (QED) is 0.392. The van der Waals surface area contributed by atoms with Crippen LogP contribution in [0.3, 0.4) is 0 Å². The van der Waals surface area contributed by atoms with Gasteiger partial charge in [0.05, 0.1) is 6.04 Å². The van der Waals surface area contributed by atoms with Gasteiger partial charge in [-0.2, -0.15) is 0 Å². The van der Waals surface area contributed by atoms with Gasteiger partial charge in [-0.25, -0.2) is 9.79 Å². The summed E-state index contributed by atoms with van der Waals surface area (Å²) in [5.41, 5.74) is 2.48. The first kappa shape index (κ1) is 20.3. The highest BCUT2D eigenvalue weighted by atomic mass is 16.2. The van der Waals surface area contributed by atoms with Crippen LogP contribution < -0.4 is 10.6 Å². The molecule has 7 nitrogen and oxygen atoms in total. The number of carbonyl (C=O) groups excluding carboxylic acids is 2. The highest BCUT2D eigenvalue weighted by Crippen LogP contribution is 2.18. The predicted molar refractivity (Wildman–Crippen MR) is 101 cm³/mol. The van der Waals surface area contributed by atoms with Crippen molar-refractivity contribution in [3.8, 4) is 0 Å². The molecule has 25 heavy (non-hydrogen) atoms. The van der Waals surface area contributed by atoms with Gasteiger partial charge in [0.2, 0.25) is 12.4 Å². The Morgan fingerprint density at radius 2 is 2.08 bits per heavy atom. The number of likely N-dealkylation sites (N-methyl/N-ethyl adjacent to an activating group) is 1. The second kappa shape index (κ2) is 9.56. The van der Waals surface area contributed by atoms with Crippen molar-refractivity contribution in [1.82, 2.24) is 15.5 Å². The molecule has 136 valence electrons. The summed E-state index contributed by atoms with van der Waals surface area (Å²) < 4.78 is 0. The minimum absolute atomic E-state index is 0.0689. The molecule has 3 amide bonds. The summed E-state index contributed by atoms with van der Waals surface area (Å²) in [4.78, 5) is 28.8. The SMILES string of the molecule is CC1=CC(N(C)C(=O)NC(=NC(C)/C=C\C(=N)C(C)C)NC=O)=CC1. The van der Waals surface area contributed by atoms with E-state index in [1.807, 2.05) is 32.9 Å².